The molecule has 0 radical (unpaired) electrons. The Morgan fingerprint density at radius 1 is 0.963 bits per heavy atom. The molecule has 2 aliphatic rings. The third kappa shape index (κ3) is 2.70. The van der Waals surface area contributed by atoms with Crippen LogP contribution in [0.4, 0.5) is 5.69 Å². The second kappa shape index (κ2) is 6.43. The van der Waals surface area contributed by atoms with Crippen molar-refractivity contribution in [2.45, 2.75) is 25.0 Å². The minimum atomic E-state index is -0.634. The summed E-state index contributed by atoms with van der Waals surface area (Å²) in [6, 6.07) is 23.3. The number of methoxy groups -OCH3 is 1. The van der Waals surface area contributed by atoms with Gasteiger partial charge in [-0.1, -0.05) is 48.5 Å². The molecule has 0 saturated carbocycles. The van der Waals surface area contributed by atoms with E-state index >= 15 is 0 Å². The second-order valence-electron chi connectivity index (χ2n) is 7.43. The van der Waals surface area contributed by atoms with E-state index in [2.05, 4.69) is 35.2 Å². The van der Waals surface area contributed by atoms with Crippen LogP contribution in [0.15, 0.2) is 66.7 Å². The van der Waals surface area contributed by atoms with E-state index in [0.29, 0.717) is 6.04 Å². The van der Waals surface area contributed by atoms with Gasteiger partial charge in [-0.2, -0.15) is 0 Å². The molecule has 2 atom stereocenters. The van der Waals surface area contributed by atoms with Crippen molar-refractivity contribution in [1.29, 1.82) is 0 Å². The maximum atomic E-state index is 10.7. The van der Waals surface area contributed by atoms with E-state index in [9.17, 15) is 5.11 Å². The Hall–Kier alpha value is -2.78. The first-order valence-corrected chi connectivity index (χ1v) is 9.57. The van der Waals surface area contributed by atoms with Crippen molar-refractivity contribution in [3.63, 3.8) is 0 Å². The fraction of sp³-hybridized carbons (Fsp3) is 0.250. The van der Waals surface area contributed by atoms with Gasteiger partial charge in [0.2, 0.25) is 0 Å². The highest BCUT2D eigenvalue weighted by molar-refractivity contribution is 5.82. The number of nitrogens with zero attached hydrogens (tertiary/aromatic N) is 1. The molecule has 1 fully saturated rings. The number of fused-ring (bicyclic) bond motifs is 5. The van der Waals surface area contributed by atoms with Gasteiger partial charge < -0.3 is 14.7 Å². The average Bonchev–Trinajstić information content (AvgIpc) is 3.31. The highest BCUT2D eigenvalue weighted by Crippen LogP contribution is 2.47. The van der Waals surface area contributed by atoms with Crippen molar-refractivity contribution < 1.29 is 9.84 Å². The zero-order valence-corrected chi connectivity index (χ0v) is 15.4. The molecular formula is C24H23NO2. The lowest BCUT2D eigenvalue weighted by atomic mass is 9.97. The topological polar surface area (TPSA) is 32.7 Å². The predicted octanol–water partition coefficient (Wildman–Crippen LogP) is 5.10. The smallest absolute Gasteiger partial charge is 0.118 e. The molecular weight excluding hydrogens is 334 g/mol. The van der Waals surface area contributed by atoms with Crippen LogP contribution in [0.1, 0.15) is 41.7 Å². The number of rotatable bonds is 4. The van der Waals surface area contributed by atoms with E-state index in [4.69, 9.17) is 4.74 Å². The van der Waals surface area contributed by atoms with Crippen LogP contribution in [0.2, 0.25) is 0 Å². The first-order valence-electron chi connectivity index (χ1n) is 9.57. The molecule has 0 spiro atoms. The molecule has 0 amide bonds. The Morgan fingerprint density at radius 2 is 1.67 bits per heavy atom. The van der Waals surface area contributed by atoms with Crippen LogP contribution in [0, 0.1) is 0 Å². The molecule has 2 unspecified atom stereocenters. The van der Waals surface area contributed by atoms with E-state index in [-0.39, 0.29) is 0 Å². The molecule has 1 saturated heterocycles. The van der Waals surface area contributed by atoms with Crippen molar-refractivity contribution in [2.75, 3.05) is 18.6 Å². The zero-order valence-electron chi connectivity index (χ0n) is 15.4. The standard InChI is InChI=1S/C24H23NO2/c1-27-20-11-8-18(9-12-20)24(26)17-6-4-16(5-7-17)21-13-10-19-15-23(21)25-14-2-3-22(19)25/h4-13,15,22,24,26H,2-3,14H2,1H3. The van der Waals surface area contributed by atoms with Crippen LogP contribution < -0.4 is 9.64 Å². The summed E-state index contributed by atoms with van der Waals surface area (Å²) in [5.74, 6) is 0.794. The number of anilines is 1. The largest absolute Gasteiger partial charge is 0.497 e. The van der Waals surface area contributed by atoms with E-state index in [1.54, 1.807) is 7.11 Å². The van der Waals surface area contributed by atoms with Crippen LogP contribution in [-0.4, -0.2) is 18.8 Å². The summed E-state index contributed by atoms with van der Waals surface area (Å²) >= 11 is 0. The minimum absolute atomic E-state index is 0.588. The Morgan fingerprint density at radius 3 is 2.37 bits per heavy atom. The van der Waals surface area contributed by atoms with Gasteiger partial charge in [-0.3, -0.25) is 0 Å². The molecule has 27 heavy (non-hydrogen) atoms. The van der Waals surface area contributed by atoms with E-state index in [1.807, 2.05) is 36.4 Å². The first-order chi connectivity index (χ1) is 13.2. The molecule has 0 aliphatic carbocycles. The number of aliphatic hydroxyl groups is 1. The minimum Gasteiger partial charge on any atom is -0.497 e. The van der Waals surface area contributed by atoms with Crippen LogP contribution in [0.3, 0.4) is 0 Å². The average molecular weight is 357 g/mol. The maximum Gasteiger partial charge on any atom is 0.118 e. The van der Waals surface area contributed by atoms with Gasteiger partial charge in [0, 0.05) is 17.8 Å². The zero-order chi connectivity index (χ0) is 18.4. The summed E-state index contributed by atoms with van der Waals surface area (Å²) in [6.45, 7) is 1.15. The normalized spacial score (nSPS) is 18.4. The van der Waals surface area contributed by atoms with Crippen molar-refractivity contribution in [3.05, 3.63) is 83.4 Å². The molecule has 1 N–H and O–H groups in total. The number of aliphatic hydroxyl groups excluding tert-OH is 1. The van der Waals surface area contributed by atoms with Crippen LogP contribution in [0.25, 0.3) is 11.1 Å². The van der Waals surface area contributed by atoms with Crippen molar-refractivity contribution in [3.8, 4) is 16.9 Å². The summed E-state index contributed by atoms with van der Waals surface area (Å²) in [7, 11) is 1.65. The molecule has 136 valence electrons. The molecule has 3 heteroatoms. The highest BCUT2D eigenvalue weighted by Gasteiger charge is 2.33. The third-order valence-corrected chi connectivity index (χ3v) is 5.94. The molecule has 0 aromatic heterocycles. The molecule has 3 aromatic carbocycles. The fourth-order valence-corrected chi connectivity index (χ4v) is 4.46. The van der Waals surface area contributed by atoms with Gasteiger partial charge in [0.05, 0.1) is 13.2 Å². The van der Waals surface area contributed by atoms with Crippen LogP contribution in [-0.2, 0) is 0 Å². The molecule has 2 bridgehead atoms. The number of hydrogen-bond acceptors (Lipinski definition) is 3. The lowest BCUT2D eigenvalue weighted by molar-refractivity contribution is 0.220. The quantitative estimate of drug-likeness (QED) is 0.705. The second-order valence-corrected chi connectivity index (χ2v) is 7.43. The summed E-state index contributed by atoms with van der Waals surface area (Å²) in [5.41, 5.74) is 7.07. The molecule has 5 rings (SSSR count). The first kappa shape index (κ1) is 16.4. The summed E-state index contributed by atoms with van der Waals surface area (Å²) < 4.78 is 5.19. The lowest BCUT2D eigenvalue weighted by Crippen LogP contribution is -2.17. The SMILES string of the molecule is COc1ccc(C(O)c2ccc(-c3ccc4cc3N3CCCC43)cc2)cc1. The number of ether oxygens (including phenoxy) is 1. The summed E-state index contributed by atoms with van der Waals surface area (Å²) in [5, 5.41) is 10.7. The van der Waals surface area contributed by atoms with Gasteiger partial charge in [-0.25, -0.2) is 0 Å². The lowest BCUT2D eigenvalue weighted by Gasteiger charge is -2.21. The van der Waals surface area contributed by atoms with Crippen LogP contribution in [0.5, 0.6) is 5.75 Å². The van der Waals surface area contributed by atoms with E-state index < -0.39 is 6.10 Å². The van der Waals surface area contributed by atoms with Gasteiger partial charge in [-0.05, 0) is 53.3 Å². The molecule has 3 aromatic rings. The highest BCUT2D eigenvalue weighted by atomic mass is 16.5. The van der Waals surface area contributed by atoms with Gasteiger partial charge in [0.1, 0.15) is 11.9 Å². The molecule has 3 nitrogen and oxygen atoms in total. The summed E-state index contributed by atoms with van der Waals surface area (Å²) in [6.07, 6.45) is 1.91. The summed E-state index contributed by atoms with van der Waals surface area (Å²) in [4.78, 5) is 2.55. The van der Waals surface area contributed by atoms with Crippen LogP contribution >= 0.6 is 0 Å². The molecule has 2 aliphatic heterocycles. The fourth-order valence-electron chi connectivity index (χ4n) is 4.46. The van der Waals surface area contributed by atoms with Gasteiger partial charge in [0.25, 0.3) is 0 Å². The Kier molecular flexibility index (Phi) is 3.91. The van der Waals surface area contributed by atoms with Crippen molar-refractivity contribution >= 4 is 5.69 Å². The number of hydrogen-bond donors (Lipinski definition) is 1. The van der Waals surface area contributed by atoms with Gasteiger partial charge >= 0.3 is 0 Å². The van der Waals surface area contributed by atoms with E-state index in [0.717, 1.165) is 23.4 Å². The van der Waals surface area contributed by atoms with Gasteiger partial charge in [0.15, 0.2) is 0 Å². The maximum absolute atomic E-state index is 10.7. The van der Waals surface area contributed by atoms with Crippen molar-refractivity contribution in [2.24, 2.45) is 0 Å². The monoisotopic (exact) mass is 357 g/mol. The Labute approximate surface area is 159 Å². The third-order valence-electron chi connectivity index (χ3n) is 5.94. The van der Waals surface area contributed by atoms with Crippen molar-refractivity contribution in [1.82, 2.24) is 0 Å². The Bertz CT molecular complexity index is 963. The van der Waals surface area contributed by atoms with E-state index in [1.165, 1.54) is 35.2 Å². The predicted molar refractivity (Wildman–Crippen MR) is 108 cm³/mol. The van der Waals surface area contributed by atoms with Gasteiger partial charge in [-0.15, -0.1) is 0 Å². The Balaban J connectivity index is 1.42. The molecule has 2 heterocycles. The number of benzene rings is 3.